The molecule has 1 amide bonds. The lowest BCUT2D eigenvalue weighted by Gasteiger charge is -2.17. The Hall–Kier alpha value is -2.15. The zero-order valence-corrected chi connectivity index (χ0v) is 16.4. The molecule has 2 aromatic rings. The lowest BCUT2D eigenvalue weighted by Crippen LogP contribution is -2.18. The molecule has 1 aromatic heterocycles. The first-order valence-corrected chi connectivity index (χ1v) is 9.98. The molecule has 0 radical (unpaired) electrons. The fourth-order valence-corrected chi connectivity index (χ4v) is 4.14. The number of amides is 1. The van der Waals surface area contributed by atoms with Crippen molar-refractivity contribution in [3.05, 3.63) is 45.7 Å². The number of aromatic amines is 1. The largest absolute Gasteiger partial charge is 0.491 e. The van der Waals surface area contributed by atoms with Gasteiger partial charge in [0.2, 0.25) is 5.91 Å². The number of fused-ring (bicyclic) bond motifs is 1. The maximum absolute atomic E-state index is 12.7. The van der Waals surface area contributed by atoms with Crippen molar-refractivity contribution in [1.82, 2.24) is 9.78 Å². The molecule has 2 atom stereocenters. The van der Waals surface area contributed by atoms with Gasteiger partial charge in [-0.05, 0) is 44.9 Å². The molecule has 6 nitrogen and oxygen atoms in total. The Morgan fingerprint density at radius 3 is 2.54 bits per heavy atom. The molecule has 26 heavy (non-hydrogen) atoms. The first-order valence-electron chi connectivity index (χ1n) is 8.93. The first kappa shape index (κ1) is 18.6. The minimum Gasteiger partial charge on any atom is -0.491 e. The van der Waals surface area contributed by atoms with E-state index in [-0.39, 0.29) is 28.9 Å². The van der Waals surface area contributed by atoms with Gasteiger partial charge >= 0.3 is 0 Å². The van der Waals surface area contributed by atoms with Gasteiger partial charge in [0.1, 0.15) is 11.6 Å². The third kappa shape index (κ3) is 3.67. The highest BCUT2D eigenvalue weighted by atomic mass is 32.2. The van der Waals surface area contributed by atoms with Crippen molar-refractivity contribution in [2.45, 2.75) is 51.5 Å². The Balaban J connectivity index is 2.03. The second-order valence-corrected chi connectivity index (χ2v) is 7.90. The Morgan fingerprint density at radius 2 is 1.92 bits per heavy atom. The van der Waals surface area contributed by atoms with Crippen LogP contribution < -0.4 is 15.6 Å². The van der Waals surface area contributed by atoms with Crippen LogP contribution in [-0.4, -0.2) is 27.5 Å². The van der Waals surface area contributed by atoms with E-state index in [4.69, 9.17) is 4.74 Å². The third-order valence-corrected chi connectivity index (χ3v) is 5.72. The fourth-order valence-electron chi connectivity index (χ4n) is 3.01. The van der Waals surface area contributed by atoms with Crippen LogP contribution in [0.5, 0.6) is 5.75 Å². The van der Waals surface area contributed by atoms with Gasteiger partial charge in [0.25, 0.3) is 5.56 Å². The molecular weight excluding hydrogens is 350 g/mol. The second kappa shape index (κ2) is 7.61. The van der Waals surface area contributed by atoms with E-state index in [2.05, 4.69) is 10.4 Å². The van der Waals surface area contributed by atoms with E-state index in [9.17, 15) is 9.59 Å². The number of anilines is 1. The minimum absolute atomic E-state index is 0.0884. The molecule has 2 N–H and O–H groups in total. The van der Waals surface area contributed by atoms with Crippen molar-refractivity contribution in [3.63, 3.8) is 0 Å². The lowest BCUT2D eigenvalue weighted by molar-refractivity contribution is -0.113. The van der Waals surface area contributed by atoms with Crippen LogP contribution in [0.4, 0.5) is 5.82 Å². The number of carbonyl (C=O) groups is 1. The molecule has 7 heteroatoms. The Morgan fingerprint density at radius 1 is 1.23 bits per heavy atom. The van der Waals surface area contributed by atoms with Crippen molar-refractivity contribution in [2.24, 2.45) is 0 Å². The number of rotatable bonds is 5. The molecule has 0 aliphatic carbocycles. The molecule has 0 fully saturated rings. The zero-order chi connectivity index (χ0) is 18.8. The fraction of sp³-hybridized carbons (Fsp3) is 0.474. The van der Waals surface area contributed by atoms with Gasteiger partial charge < -0.3 is 10.1 Å². The summed E-state index contributed by atoms with van der Waals surface area (Å²) in [7, 11) is 0. The molecule has 140 valence electrons. The standard InChI is InChI=1S/C19H25N3O3S/c1-5-12(4)22-18-16(19(24)21-22)17(26-10-15(23)20-18)13-6-8-14(9-7-13)25-11(2)3/h6-9,11-12,17H,5,10H2,1-4H3,(H,20,23)(H,21,24)/t12-,17-/m1/s1. The molecule has 1 aliphatic rings. The van der Waals surface area contributed by atoms with E-state index < -0.39 is 0 Å². The smallest absolute Gasteiger partial charge is 0.270 e. The predicted octanol–water partition coefficient (Wildman–Crippen LogP) is 3.71. The SMILES string of the molecule is CC[C@@H](C)n1[nH]c(=O)c2c1NC(=O)CS[C@@H]2c1ccc(OC(C)C)cc1. The van der Waals surface area contributed by atoms with Gasteiger partial charge in [-0.2, -0.15) is 0 Å². The highest BCUT2D eigenvalue weighted by Gasteiger charge is 2.31. The van der Waals surface area contributed by atoms with Crippen molar-refractivity contribution in [1.29, 1.82) is 0 Å². The molecule has 0 unspecified atom stereocenters. The number of nitrogens with one attached hydrogen (secondary N) is 2. The summed E-state index contributed by atoms with van der Waals surface area (Å²) >= 11 is 1.47. The van der Waals surface area contributed by atoms with Gasteiger partial charge in [0, 0.05) is 6.04 Å². The highest BCUT2D eigenvalue weighted by molar-refractivity contribution is 8.00. The molecule has 0 saturated heterocycles. The van der Waals surface area contributed by atoms with Crippen LogP contribution in [0, 0.1) is 0 Å². The summed E-state index contributed by atoms with van der Waals surface area (Å²) < 4.78 is 7.48. The van der Waals surface area contributed by atoms with Gasteiger partial charge in [0.05, 0.1) is 22.7 Å². The van der Waals surface area contributed by atoms with Gasteiger partial charge in [-0.15, -0.1) is 11.8 Å². The van der Waals surface area contributed by atoms with Crippen molar-refractivity contribution < 1.29 is 9.53 Å². The number of benzene rings is 1. The van der Waals surface area contributed by atoms with E-state index in [1.54, 1.807) is 4.68 Å². The quantitative estimate of drug-likeness (QED) is 0.835. The van der Waals surface area contributed by atoms with Crippen LogP contribution in [0.3, 0.4) is 0 Å². The number of H-pyrrole nitrogens is 1. The number of carbonyl (C=O) groups excluding carboxylic acids is 1. The van der Waals surface area contributed by atoms with Gasteiger partial charge in [-0.1, -0.05) is 19.1 Å². The third-order valence-electron chi connectivity index (χ3n) is 4.45. The molecule has 1 aliphatic heterocycles. The molecule has 0 bridgehead atoms. The number of ether oxygens (including phenoxy) is 1. The minimum atomic E-state index is -0.203. The van der Waals surface area contributed by atoms with Crippen molar-refractivity contribution >= 4 is 23.5 Å². The Kier molecular flexibility index (Phi) is 5.46. The van der Waals surface area contributed by atoms with Crippen LogP contribution in [-0.2, 0) is 4.79 Å². The number of hydrogen-bond donors (Lipinski definition) is 2. The van der Waals surface area contributed by atoms with E-state index in [1.807, 2.05) is 52.0 Å². The zero-order valence-electron chi connectivity index (χ0n) is 15.5. The van der Waals surface area contributed by atoms with E-state index >= 15 is 0 Å². The van der Waals surface area contributed by atoms with Crippen LogP contribution in [0.1, 0.15) is 56.5 Å². The van der Waals surface area contributed by atoms with Gasteiger partial charge in [-0.25, -0.2) is 0 Å². The monoisotopic (exact) mass is 375 g/mol. The summed E-state index contributed by atoms with van der Waals surface area (Å²) in [4.78, 5) is 24.9. The lowest BCUT2D eigenvalue weighted by atomic mass is 10.1. The van der Waals surface area contributed by atoms with Gasteiger partial charge in [0.15, 0.2) is 0 Å². The van der Waals surface area contributed by atoms with Crippen LogP contribution in [0.15, 0.2) is 29.1 Å². The topological polar surface area (TPSA) is 76.1 Å². The predicted molar refractivity (Wildman–Crippen MR) is 105 cm³/mol. The van der Waals surface area contributed by atoms with E-state index in [0.29, 0.717) is 17.1 Å². The highest BCUT2D eigenvalue weighted by Crippen LogP contribution is 2.40. The second-order valence-electron chi connectivity index (χ2n) is 6.81. The van der Waals surface area contributed by atoms with E-state index in [0.717, 1.165) is 17.7 Å². The number of aromatic nitrogens is 2. The molecule has 0 saturated carbocycles. The number of nitrogens with zero attached hydrogens (tertiary/aromatic N) is 1. The summed E-state index contributed by atoms with van der Waals surface area (Å²) in [6, 6.07) is 7.85. The number of thioether (sulfide) groups is 1. The average Bonchev–Trinajstić information content (AvgIpc) is 2.81. The maximum Gasteiger partial charge on any atom is 0.270 e. The Bertz CT molecular complexity index is 839. The van der Waals surface area contributed by atoms with Crippen LogP contribution in [0.2, 0.25) is 0 Å². The summed E-state index contributed by atoms with van der Waals surface area (Å²) in [5.74, 6) is 1.60. The molecular formula is C19H25N3O3S. The molecule has 0 spiro atoms. The summed E-state index contributed by atoms with van der Waals surface area (Å²) in [6.45, 7) is 8.03. The van der Waals surface area contributed by atoms with E-state index in [1.165, 1.54) is 11.8 Å². The van der Waals surface area contributed by atoms with Crippen LogP contribution in [0.25, 0.3) is 0 Å². The maximum atomic E-state index is 12.7. The molecule has 2 heterocycles. The summed E-state index contributed by atoms with van der Waals surface area (Å²) in [5.41, 5.74) is 1.44. The van der Waals surface area contributed by atoms with Crippen molar-refractivity contribution in [2.75, 3.05) is 11.1 Å². The summed E-state index contributed by atoms with van der Waals surface area (Å²) in [5, 5.41) is 5.61. The molecule has 1 aromatic carbocycles. The average molecular weight is 375 g/mol. The first-order chi connectivity index (χ1) is 12.4. The van der Waals surface area contributed by atoms with Gasteiger partial charge in [-0.3, -0.25) is 19.4 Å². The van der Waals surface area contributed by atoms with Crippen LogP contribution >= 0.6 is 11.8 Å². The summed E-state index contributed by atoms with van der Waals surface area (Å²) in [6.07, 6.45) is 0.959. The molecule has 3 rings (SSSR count). The number of hydrogen-bond acceptors (Lipinski definition) is 4. The Labute approximate surface area is 157 Å². The normalized spacial score (nSPS) is 18.2. The van der Waals surface area contributed by atoms with Crippen molar-refractivity contribution in [3.8, 4) is 5.75 Å².